The Morgan fingerprint density at radius 3 is 2.12 bits per heavy atom. The third kappa shape index (κ3) is 14.4. The summed E-state index contributed by atoms with van der Waals surface area (Å²) in [5.74, 6) is -0.0702. The Bertz CT molecular complexity index is 2760. The van der Waals surface area contributed by atoms with Gasteiger partial charge in [-0.3, -0.25) is 29.2 Å². The molecule has 7 rings (SSSR count). The molecule has 6 aromatic carbocycles. The molecule has 69 heavy (non-hydrogen) atoms. The molecule has 1 unspecified atom stereocenters. The minimum atomic E-state index is -4.52. The predicted molar refractivity (Wildman–Crippen MR) is 262 cm³/mol. The largest absolute Gasteiger partial charge is 0.527 e. The maximum absolute atomic E-state index is 15.2. The molecular weight excluding hydrogens is 922 g/mol. The van der Waals surface area contributed by atoms with Gasteiger partial charge >= 0.3 is 13.9 Å². The van der Waals surface area contributed by atoms with Gasteiger partial charge in [-0.2, -0.15) is 0 Å². The van der Waals surface area contributed by atoms with Gasteiger partial charge in [0.2, 0.25) is 11.8 Å². The highest BCUT2D eigenvalue weighted by atomic mass is 32.2. The molecule has 0 aliphatic carbocycles. The lowest BCUT2D eigenvalue weighted by Crippen LogP contribution is -2.58. The summed E-state index contributed by atoms with van der Waals surface area (Å²) in [7, 11) is -2.98. The van der Waals surface area contributed by atoms with E-state index in [1.165, 1.54) is 28.8 Å². The number of para-hydroxylation sites is 2. The van der Waals surface area contributed by atoms with Crippen molar-refractivity contribution in [2.75, 3.05) is 23.9 Å². The van der Waals surface area contributed by atoms with E-state index in [0.29, 0.717) is 50.2 Å². The van der Waals surface area contributed by atoms with E-state index < -0.39 is 61.1 Å². The summed E-state index contributed by atoms with van der Waals surface area (Å²) in [5, 5.41) is 5.12. The standard InChI is InChI=1S/C51H52N5O11PS/c1-51(2,3)66-50(60)55-54-42(30-34-22-26-40(27-23-34)67-68(61,62)64-33-35-14-7-5-8-15-35)48(58)53-46-47(36-24-28-38(63-4)29-25-36)69-44-21-12-11-20-43(44)56(49(46)59)32-45(57)52-37-16-13-19-41(31-37)65-39-17-9-6-10-18-39/h5-29,31,42,46-47,54H,30,32-33H2,1-4H3,(H,52,57)(H,53,58)(H,55,60)(H,61,62)/t42-,46+,47+/m0/s1. The number of fused-ring (bicyclic) bond motifs is 1. The van der Waals surface area contributed by atoms with E-state index in [1.807, 2.05) is 48.5 Å². The molecule has 0 spiro atoms. The number of amides is 4. The molecule has 4 atom stereocenters. The highest BCUT2D eigenvalue weighted by molar-refractivity contribution is 7.99. The number of phosphoric ester groups is 1. The highest BCUT2D eigenvalue weighted by Crippen LogP contribution is 2.47. The number of rotatable bonds is 18. The van der Waals surface area contributed by atoms with Crippen LogP contribution in [0.5, 0.6) is 23.0 Å². The van der Waals surface area contributed by atoms with Gasteiger partial charge in [-0.1, -0.05) is 91.0 Å². The van der Waals surface area contributed by atoms with Gasteiger partial charge in [0.25, 0.3) is 5.91 Å². The lowest BCUT2D eigenvalue weighted by atomic mass is 10.0. The Hall–Kier alpha value is -7.14. The average Bonchev–Trinajstić information content (AvgIpc) is 3.43. The predicted octanol–water partition coefficient (Wildman–Crippen LogP) is 9.13. The summed E-state index contributed by atoms with van der Waals surface area (Å²) in [5.41, 5.74) is 7.16. The summed E-state index contributed by atoms with van der Waals surface area (Å²) in [4.78, 5) is 69.2. The van der Waals surface area contributed by atoms with Crippen LogP contribution in [-0.2, 0) is 41.2 Å². The number of phosphoric acid groups is 1. The van der Waals surface area contributed by atoms with E-state index in [4.69, 9.17) is 23.3 Å². The number of methoxy groups -OCH3 is 1. The summed E-state index contributed by atoms with van der Waals surface area (Å²) in [6, 6.07) is 42.8. The summed E-state index contributed by atoms with van der Waals surface area (Å²) in [6.45, 7) is 4.49. The number of anilines is 2. The van der Waals surface area contributed by atoms with Crippen molar-refractivity contribution in [3.8, 4) is 23.0 Å². The number of hydrogen-bond donors (Lipinski definition) is 5. The second kappa shape index (κ2) is 22.8. The normalized spacial score (nSPS) is 15.8. The fraction of sp³-hybridized carbons (Fsp3) is 0.216. The number of thioether (sulfide) groups is 1. The molecule has 0 fully saturated rings. The van der Waals surface area contributed by atoms with E-state index in [0.717, 1.165) is 0 Å². The Labute approximate surface area is 404 Å². The summed E-state index contributed by atoms with van der Waals surface area (Å²) in [6.07, 6.45) is -0.926. The molecule has 4 amide bonds. The van der Waals surface area contributed by atoms with Gasteiger partial charge in [-0.15, -0.1) is 11.8 Å². The van der Waals surface area contributed by atoms with Gasteiger partial charge in [-0.05, 0) is 105 Å². The lowest BCUT2D eigenvalue weighted by Gasteiger charge is -2.30. The molecule has 358 valence electrons. The molecule has 18 heteroatoms. The molecule has 1 aliphatic heterocycles. The van der Waals surface area contributed by atoms with E-state index >= 15 is 4.79 Å². The van der Waals surface area contributed by atoms with Gasteiger partial charge in [0, 0.05) is 16.6 Å². The van der Waals surface area contributed by atoms with Gasteiger partial charge in [0.1, 0.15) is 47.2 Å². The average molecular weight is 974 g/mol. The monoisotopic (exact) mass is 973 g/mol. The molecule has 0 radical (unpaired) electrons. The third-order valence-electron chi connectivity index (χ3n) is 10.3. The smallest absolute Gasteiger partial charge is 0.497 e. The zero-order valence-electron chi connectivity index (χ0n) is 38.2. The number of nitrogens with zero attached hydrogens (tertiary/aromatic N) is 1. The highest BCUT2D eigenvalue weighted by Gasteiger charge is 2.41. The molecular formula is C51H52N5O11PS. The fourth-order valence-electron chi connectivity index (χ4n) is 7.09. The van der Waals surface area contributed by atoms with Crippen LogP contribution in [-0.4, -0.2) is 60.0 Å². The minimum Gasteiger partial charge on any atom is -0.497 e. The fourth-order valence-corrected chi connectivity index (χ4v) is 9.18. The van der Waals surface area contributed by atoms with Crippen LogP contribution in [0.1, 0.15) is 42.7 Å². The number of benzene rings is 6. The quantitative estimate of drug-likeness (QED) is 0.0403. The molecule has 1 aliphatic rings. The van der Waals surface area contributed by atoms with Crippen LogP contribution in [0.2, 0.25) is 0 Å². The number of hydrogen-bond acceptors (Lipinski definition) is 12. The van der Waals surface area contributed by atoms with Crippen LogP contribution in [0, 0.1) is 0 Å². The minimum absolute atomic E-state index is 0.0267. The van der Waals surface area contributed by atoms with E-state index in [2.05, 4.69) is 21.5 Å². The van der Waals surface area contributed by atoms with Crippen molar-refractivity contribution in [1.82, 2.24) is 16.2 Å². The van der Waals surface area contributed by atoms with Crippen LogP contribution in [0.3, 0.4) is 0 Å². The number of hydrazine groups is 1. The van der Waals surface area contributed by atoms with Crippen LogP contribution in [0.25, 0.3) is 0 Å². The van der Waals surface area contributed by atoms with Crippen molar-refractivity contribution in [3.05, 3.63) is 174 Å². The number of ether oxygens (including phenoxy) is 3. The maximum Gasteiger partial charge on any atom is 0.527 e. The zero-order chi connectivity index (χ0) is 49.0. The van der Waals surface area contributed by atoms with Crippen molar-refractivity contribution < 1.29 is 51.9 Å². The van der Waals surface area contributed by atoms with Gasteiger partial charge in [0.15, 0.2) is 0 Å². The first kappa shape index (κ1) is 49.8. The molecule has 0 bridgehead atoms. The number of carbonyl (C=O) groups is 4. The summed E-state index contributed by atoms with van der Waals surface area (Å²) < 4.78 is 40.1. The van der Waals surface area contributed by atoms with E-state index in [-0.39, 0.29) is 18.8 Å². The third-order valence-corrected chi connectivity index (χ3v) is 12.6. The molecule has 6 aromatic rings. The van der Waals surface area contributed by atoms with Crippen LogP contribution in [0.15, 0.2) is 163 Å². The SMILES string of the molecule is COc1ccc([C@H]2Sc3ccccc3N(CC(=O)Nc3cccc(Oc4ccccc4)c3)C(=O)[C@@H]2NC(=O)[C@H](Cc2ccc(OP(=O)(O)OCc3ccccc3)cc2)NNC(=O)OC(C)(C)C)cc1. The Morgan fingerprint density at radius 2 is 1.42 bits per heavy atom. The van der Waals surface area contributed by atoms with Gasteiger partial charge in [-0.25, -0.2) is 14.8 Å². The first-order valence-corrected chi connectivity index (χ1v) is 24.2. The van der Waals surface area contributed by atoms with Crippen molar-refractivity contribution >= 4 is 54.8 Å². The molecule has 0 saturated heterocycles. The van der Waals surface area contributed by atoms with Gasteiger partial charge in [0.05, 0.1) is 24.7 Å². The second-order valence-electron chi connectivity index (χ2n) is 16.7. The number of carbonyl (C=O) groups excluding carboxylic acids is 4. The molecule has 0 saturated carbocycles. The van der Waals surface area contributed by atoms with E-state index in [9.17, 15) is 23.8 Å². The van der Waals surface area contributed by atoms with Gasteiger partial charge < -0.3 is 34.3 Å². The number of nitrogens with one attached hydrogen (secondary N) is 4. The zero-order valence-corrected chi connectivity index (χ0v) is 39.9. The first-order valence-electron chi connectivity index (χ1n) is 21.8. The van der Waals surface area contributed by atoms with Crippen molar-refractivity contribution in [3.63, 3.8) is 0 Å². The molecule has 5 N–H and O–H groups in total. The molecule has 1 heterocycles. The van der Waals surface area contributed by atoms with E-state index in [1.54, 1.807) is 125 Å². The summed E-state index contributed by atoms with van der Waals surface area (Å²) >= 11 is 1.34. The van der Waals surface area contributed by atoms with Crippen LogP contribution < -0.4 is 40.4 Å². The molecule has 0 aromatic heterocycles. The topological polar surface area (TPSA) is 203 Å². The Balaban J connectivity index is 1.15. The Morgan fingerprint density at radius 1 is 0.768 bits per heavy atom. The van der Waals surface area contributed by atoms with Crippen LogP contribution >= 0.6 is 19.6 Å². The van der Waals surface area contributed by atoms with Crippen LogP contribution in [0.4, 0.5) is 16.2 Å². The maximum atomic E-state index is 15.2. The second-order valence-corrected chi connectivity index (χ2v) is 19.2. The Kier molecular flexibility index (Phi) is 16.4. The van der Waals surface area contributed by atoms with Crippen molar-refractivity contribution in [2.24, 2.45) is 0 Å². The first-order chi connectivity index (χ1) is 33.1. The van der Waals surface area contributed by atoms with Crippen molar-refractivity contribution in [1.29, 1.82) is 0 Å². The van der Waals surface area contributed by atoms with Crippen molar-refractivity contribution in [2.45, 2.75) is 61.6 Å². The molecule has 16 nitrogen and oxygen atoms in total. The lowest BCUT2D eigenvalue weighted by molar-refractivity contribution is -0.129.